The molecule has 0 saturated heterocycles. The number of fused-ring (bicyclic) bond motifs is 3. The van der Waals surface area contributed by atoms with Crippen LogP contribution in [0.5, 0.6) is 0 Å². The van der Waals surface area contributed by atoms with Crippen molar-refractivity contribution >= 4 is 51.5 Å². The SMILES string of the molecule is [CH3][Ge]([CH3])([CH3])[c]1cccc2c1[se]c1c(-c3[c-]cccc3)nccc12.[Ir]. The van der Waals surface area contributed by atoms with E-state index >= 15 is 0 Å². The maximum atomic E-state index is 4.70. The third kappa shape index (κ3) is 3.09. The summed E-state index contributed by atoms with van der Waals surface area (Å²) in [6, 6.07) is 20.6. The van der Waals surface area contributed by atoms with E-state index in [1.54, 1.807) is 8.66 Å². The van der Waals surface area contributed by atoms with Crippen LogP contribution in [0.1, 0.15) is 0 Å². The van der Waals surface area contributed by atoms with Gasteiger partial charge in [0.05, 0.1) is 0 Å². The average molecular weight is 616 g/mol. The van der Waals surface area contributed by atoms with Crippen molar-refractivity contribution in [2.24, 2.45) is 0 Å². The number of hydrogen-bond acceptors (Lipinski definition) is 1. The number of rotatable bonds is 2. The monoisotopic (exact) mass is 619 g/mol. The molecule has 2 aromatic heterocycles. The first-order valence-corrected chi connectivity index (χ1v) is 16.9. The smallest absolute Gasteiger partial charge is 0 e. The Hall–Kier alpha value is -0.698. The summed E-state index contributed by atoms with van der Waals surface area (Å²) >= 11 is -1.53. The second-order valence-corrected chi connectivity index (χ2v) is 19.6. The Morgan fingerprint density at radius 1 is 0.917 bits per heavy atom. The van der Waals surface area contributed by atoms with Gasteiger partial charge in [0.25, 0.3) is 0 Å². The van der Waals surface area contributed by atoms with E-state index in [2.05, 4.69) is 59.7 Å². The first-order chi connectivity index (χ1) is 11.1. The molecule has 0 unspecified atom stereocenters. The van der Waals surface area contributed by atoms with Gasteiger partial charge < -0.3 is 0 Å². The summed E-state index contributed by atoms with van der Waals surface area (Å²) in [5.74, 6) is 7.45. The van der Waals surface area contributed by atoms with Crippen LogP contribution in [0.15, 0.2) is 54.7 Å². The van der Waals surface area contributed by atoms with Crippen LogP contribution in [0.3, 0.4) is 0 Å². The summed E-state index contributed by atoms with van der Waals surface area (Å²) in [7, 11) is 0. The summed E-state index contributed by atoms with van der Waals surface area (Å²) in [4.78, 5) is 4.70. The molecule has 2 aromatic carbocycles. The standard InChI is InChI=1S/C20H18GeNSe.Ir/c1-21(2,3)17-11-7-10-15-16-12-13-22-18(20(16)23-19(15)17)14-8-5-4-6-9-14;/h4-8,10-13H,1-3H3;/q-1;. The normalized spacial score (nSPS) is 11.6. The summed E-state index contributed by atoms with van der Waals surface area (Å²) < 4.78 is 4.69. The van der Waals surface area contributed by atoms with E-state index in [1.807, 2.05) is 18.3 Å². The first kappa shape index (κ1) is 18.1. The van der Waals surface area contributed by atoms with Crippen LogP contribution in [0.25, 0.3) is 30.6 Å². The Kier molecular flexibility index (Phi) is 5.20. The van der Waals surface area contributed by atoms with Gasteiger partial charge in [0.15, 0.2) is 0 Å². The van der Waals surface area contributed by atoms with E-state index in [-0.39, 0.29) is 20.1 Å². The molecule has 0 aliphatic heterocycles. The Morgan fingerprint density at radius 3 is 2.42 bits per heavy atom. The van der Waals surface area contributed by atoms with Crippen molar-refractivity contribution in [2.75, 3.05) is 0 Å². The molecular weight excluding hydrogens is 598 g/mol. The fourth-order valence-electron chi connectivity index (χ4n) is 3.05. The van der Waals surface area contributed by atoms with Crippen LogP contribution in [0, 0.1) is 6.07 Å². The summed E-state index contributed by atoms with van der Waals surface area (Å²) in [6.45, 7) is 0. The quantitative estimate of drug-likeness (QED) is 0.240. The van der Waals surface area contributed by atoms with Gasteiger partial charge in [-0.25, -0.2) is 0 Å². The summed E-state index contributed by atoms with van der Waals surface area (Å²) in [5, 5.41) is 2.83. The minimum absolute atomic E-state index is 0. The van der Waals surface area contributed by atoms with Crippen molar-refractivity contribution in [3.63, 3.8) is 0 Å². The van der Waals surface area contributed by atoms with Gasteiger partial charge in [-0.15, -0.1) is 0 Å². The van der Waals surface area contributed by atoms with Gasteiger partial charge in [0, 0.05) is 20.1 Å². The molecule has 4 aromatic rings. The maximum Gasteiger partial charge on any atom is 0 e. The molecule has 0 N–H and O–H groups in total. The molecule has 2 heterocycles. The van der Waals surface area contributed by atoms with Crippen LogP contribution in [-0.4, -0.2) is 32.8 Å². The third-order valence-electron chi connectivity index (χ3n) is 4.19. The molecule has 0 aliphatic carbocycles. The number of nitrogens with zero attached hydrogens (tertiary/aromatic N) is 1. The summed E-state index contributed by atoms with van der Waals surface area (Å²) in [6.07, 6.45) is 1.95. The van der Waals surface area contributed by atoms with Crippen LogP contribution in [-0.2, 0) is 20.1 Å². The summed E-state index contributed by atoms with van der Waals surface area (Å²) in [5.41, 5.74) is 2.23. The van der Waals surface area contributed by atoms with Gasteiger partial charge >= 0.3 is 146 Å². The Morgan fingerprint density at radius 2 is 1.71 bits per heavy atom. The average Bonchev–Trinajstić information content (AvgIpc) is 2.93. The van der Waals surface area contributed by atoms with E-state index in [0.29, 0.717) is 14.5 Å². The molecule has 4 heteroatoms. The van der Waals surface area contributed by atoms with Crippen molar-refractivity contribution in [2.45, 2.75) is 17.3 Å². The second-order valence-electron chi connectivity index (χ2n) is 6.85. The van der Waals surface area contributed by atoms with Crippen LogP contribution >= 0.6 is 0 Å². The van der Waals surface area contributed by atoms with Crippen molar-refractivity contribution < 1.29 is 20.1 Å². The first-order valence-electron chi connectivity index (χ1n) is 7.83. The minimum atomic E-state index is -1.87. The van der Waals surface area contributed by atoms with E-state index in [4.69, 9.17) is 4.98 Å². The third-order valence-corrected chi connectivity index (χ3v) is 11.9. The molecular formula is C20H18GeIrNSe-. The maximum absolute atomic E-state index is 4.70. The zero-order chi connectivity index (χ0) is 16.0. The number of hydrogen-bond donors (Lipinski definition) is 0. The van der Waals surface area contributed by atoms with Gasteiger partial charge in [-0.2, -0.15) is 0 Å². The van der Waals surface area contributed by atoms with Crippen LogP contribution in [0.2, 0.25) is 17.3 Å². The number of aromatic nitrogens is 1. The van der Waals surface area contributed by atoms with E-state index in [9.17, 15) is 0 Å². The largest absolute Gasteiger partial charge is 0 e. The van der Waals surface area contributed by atoms with Gasteiger partial charge in [-0.05, 0) is 0 Å². The topological polar surface area (TPSA) is 12.9 Å². The Bertz CT molecular complexity index is 1000. The zero-order valence-electron chi connectivity index (χ0n) is 13.9. The van der Waals surface area contributed by atoms with Gasteiger partial charge in [-0.1, -0.05) is 0 Å². The number of pyridine rings is 1. The molecule has 0 amide bonds. The fourth-order valence-corrected chi connectivity index (χ4v) is 12.5. The molecule has 1 radical (unpaired) electrons. The van der Waals surface area contributed by atoms with Crippen molar-refractivity contribution in [3.8, 4) is 11.3 Å². The van der Waals surface area contributed by atoms with Crippen molar-refractivity contribution in [1.29, 1.82) is 0 Å². The molecule has 24 heavy (non-hydrogen) atoms. The molecule has 0 bridgehead atoms. The molecule has 0 aliphatic rings. The zero-order valence-corrected chi connectivity index (χ0v) is 20.1. The van der Waals surface area contributed by atoms with Crippen LogP contribution < -0.4 is 4.40 Å². The molecule has 123 valence electrons. The van der Waals surface area contributed by atoms with Gasteiger partial charge in [0.2, 0.25) is 0 Å². The van der Waals surface area contributed by atoms with Crippen molar-refractivity contribution in [1.82, 2.24) is 4.98 Å². The van der Waals surface area contributed by atoms with E-state index in [1.165, 1.54) is 15.0 Å². The fraction of sp³-hybridized carbons (Fsp3) is 0.150. The number of benzene rings is 2. The van der Waals surface area contributed by atoms with E-state index in [0.717, 1.165) is 11.3 Å². The minimum Gasteiger partial charge on any atom is 0 e. The van der Waals surface area contributed by atoms with E-state index < -0.39 is 13.3 Å². The predicted octanol–water partition coefficient (Wildman–Crippen LogP) is 4.45. The van der Waals surface area contributed by atoms with Gasteiger partial charge in [-0.3, -0.25) is 0 Å². The Labute approximate surface area is 165 Å². The molecule has 1 nitrogen and oxygen atoms in total. The Balaban J connectivity index is 0.00000169. The molecule has 4 rings (SSSR count). The van der Waals surface area contributed by atoms with Crippen LogP contribution in [0.4, 0.5) is 0 Å². The molecule has 0 saturated carbocycles. The molecule has 0 spiro atoms. The second kappa shape index (κ2) is 6.90. The molecule has 0 atom stereocenters. The molecule has 0 fully saturated rings. The van der Waals surface area contributed by atoms with Crippen molar-refractivity contribution in [3.05, 3.63) is 60.8 Å². The van der Waals surface area contributed by atoms with Gasteiger partial charge in [0.1, 0.15) is 0 Å². The predicted molar refractivity (Wildman–Crippen MR) is 103 cm³/mol.